The van der Waals surface area contributed by atoms with Gasteiger partial charge in [0.1, 0.15) is 0 Å². The SMILES string of the molecule is c1ccc(-c2nccnc2-c2ccc(CN3CCCCC3)cc2)cc1. The van der Waals surface area contributed by atoms with Crippen LogP contribution in [0.1, 0.15) is 24.8 Å². The zero-order chi connectivity index (χ0) is 16.9. The molecule has 0 saturated carbocycles. The Morgan fingerprint density at radius 1 is 0.680 bits per heavy atom. The smallest absolute Gasteiger partial charge is 0.0965 e. The van der Waals surface area contributed by atoms with Gasteiger partial charge in [0.2, 0.25) is 0 Å². The second-order valence-electron chi connectivity index (χ2n) is 6.65. The van der Waals surface area contributed by atoms with E-state index in [1.807, 2.05) is 18.2 Å². The third-order valence-corrected chi connectivity index (χ3v) is 4.83. The molecule has 3 nitrogen and oxygen atoms in total. The van der Waals surface area contributed by atoms with E-state index in [0.717, 1.165) is 29.1 Å². The third-order valence-electron chi connectivity index (χ3n) is 4.83. The average molecular weight is 329 g/mol. The molecule has 126 valence electrons. The van der Waals surface area contributed by atoms with Crippen LogP contribution >= 0.6 is 0 Å². The van der Waals surface area contributed by atoms with Gasteiger partial charge in [-0.1, -0.05) is 61.0 Å². The van der Waals surface area contributed by atoms with E-state index in [1.54, 1.807) is 12.4 Å². The fourth-order valence-electron chi connectivity index (χ4n) is 3.50. The molecule has 2 aromatic carbocycles. The van der Waals surface area contributed by atoms with Crippen molar-refractivity contribution in [1.29, 1.82) is 0 Å². The molecule has 0 radical (unpaired) electrons. The van der Waals surface area contributed by atoms with Crippen molar-refractivity contribution in [3.63, 3.8) is 0 Å². The lowest BCUT2D eigenvalue weighted by Crippen LogP contribution is -2.28. The molecule has 0 spiro atoms. The number of nitrogens with zero attached hydrogens (tertiary/aromatic N) is 3. The number of benzene rings is 2. The van der Waals surface area contributed by atoms with Gasteiger partial charge < -0.3 is 0 Å². The van der Waals surface area contributed by atoms with Gasteiger partial charge in [-0.05, 0) is 31.5 Å². The minimum absolute atomic E-state index is 0.937. The molecule has 1 aromatic heterocycles. The minimum atomic E-state index is 0.937. The summed E-state index contributed by atoms with van der Waals surface area (Å²) < 4.78 is 0. The van der Waals surface area contributed by atoms with E-state index in [4.69, 9.17) is 0 Å². The topological polar surface area (TPSA) is 29.0 Å². The van der Waals surface area contributed by atoms with Gasteiger partial charge in [0, 0.05) is 30.1 Å². The van der Waals surface area contributed by atoms with E-state index in [9.17, 15) is 0 Å². The Kier molecular flexibility index (Phi) is 4.84. The Bertz CT molecular complexity index is 806. The highest BCUT2D eigenvalue weighted by Gasteiger charge is 2.12. The number of hydrogen-bond donors (Lipinski definition) is 0. The lowest BCUT2D eigenvalue weighted by molar-refractivity contribution is 0.221. The van der Waals surface area contributed by atoms with Crippen LogP contribution < -0.4 is 0 Å². The van der Waals surface area contributed by atoms with Gasteiger partial charge in [-0.15, -0.1) is 0 Å². The predicted molar refractivity (Wildman–Crippen MR) is 102 cm³/mol. The Hall–Kier alpha value is -2.52. The average Bonchev–Trinajstić information content (AvgIpc) is 2.70. The van der Waals surface area contributed by atoms with E-state index < -0.39 is 0 Å². The van der Waals surface area contributed by atoms with Crippen molar-refractivity contribution in [2.45, 2.75) is 25.8 Å². The molecule has 3 aromatic rings. The molecule has 1 aliphatic rings. The van der Waals surface area contributed by atoms with Crippen LogP contribution in [-0.2, 0) is 6.54 Å². The van der Waals surface area contributed by atoms with Gasteiger partial charge in [-0.3, -0.25) is 14.9 Å². The van der Waals surface area contributed by atoms with Gasteiger partial charge in [0.05, 0.1) is 11.4 Å². The third kappa shape index (κ3) is 3.77. The molecule has 25 heavy (non-hydrogen) atoms. The van der Waals surface area contributed by atoms with E-state index in [1.165, 1.54) is 37.9 Å². The van der Waals surface area contributed by atoms with Crippen molar-refractivity contribution < 1.29 is 0 Å². The van der Waals surface area contributed by atoms with Gasteiger partial charge in [-0.2, -0.15) is 0 Å². The summed E-state index contributed by atoms with van der Waals surface area (Å²) in [5, 5.41) is 0. The van der Waals surface area contributed by atoms with E-state index in [2.05, 4.69) is 51.3 Å². The molecule has 0 bridgehead atoms. The zero-order valence-electron chi connectivity index (χ0n) is 14.4. The van der Waals surface area contributed by atoms with E-state index in [0.29, 0.717) is 0 Å². The van der Waals surface area contributed by atoms with Crippen LogP contribution in [0.2, 0.25) is 0 Å². The first-order valence-corrected chi connectivity index (χ1v) is 9.08. The van der Waals surface area contributed by atoms with Gasteiger partial charge in [-0.25, -0.2) is 0 Å². The quantitative estimate of drug-likeness (QED) is 0.689. The van der Waals surface area contributed by atoms with Gasteiger partial charge in [0.15, 0.2) is 0 Å². The van der Waals surface area contributed by atoms with Crippen molar-refractivity contribution in [1.82, 2.24) is 14.9 Å². The Morgan fingerprint density at radius 2 is 1.28 bits per heavy atom. The Balaban J connectivity index is 1.58. The number of rotatable bonds is 4. The first kappa shape index (κ1) is 16.0. The van der Waals surface area contributed by atoms with Crippen LogP contribution in [0, 0.1) is 0 Å². The van der Waals surface area contributed by atoms with Crippen LogP contribution in [0.4, 0.5) is 0 Å². The maximum absolute atomic E-state index is 4.60. The molecule has 1 aliphatic heterocycles. The lowest BCUT2D eigenvalue weighted by Gasteiger charge is -2.26. The number of likely N-dealkylation sites (tertiary alicyclic amines) is 1. The second-order valence-corrected chi connectivity index (χ2v) is 6.65. The van der Waals surface area contributed by atoms with E-state index >= 15 is 0 Å². The summed E-state index contributed by atoms with van der Waals surface area (Å²) in [6, 6.07) is 19.1. The van der Waals surface area contributed by atoms with Crippen molar-refractivity contribution in [2.24, 2.45) is 0 Å². The van der Waals surface area contributed by atoms with Crippen molar-refractivity contribution >= 4 is 0 Å². The molecule has 0 N–H and O–H groups in total. The van der Waals surface area contributed by atoms with Crippen LogP contribution in [0.3, 0.4) is 0 Å². The standard InChI is InChI=1S/C22H23N3/c1-3-7-19(8-4-1)21-22(24-14-13-23-21)20-11-9-18(10-12-20)17-25-15-5-2-6-16-25/h1,3-4,7-14H,2,5-6,15-17H2. The molecule has 1 fully saturated rings. The molecule has 2 heterocycles. The van der Waals surface area contributed by atoms with Crippen LogP contribution in [0.25, 0.3) is 22.5 Å². The molecule has 0 atom stereocenters. The summed E-state index contributed by atoms with van der Waals surface area (Å²) in [4.78, 5) is 11.7. The number of hydrogen-bond acceptors (Lipinski definition) is 3. The molecule has 1 saturated heterocycles. The summed E-state index contributed by atoms with van der Waals surface area (Å²) in [7, 11) is 0. The summed E-state index contributed by atoms with van der Waals surface area (Å²) in [5.41, 5.74) is 5.47. The zero-order valence-corrected chi connectivity index (χ0v) is 14.4. The minimum Gasteiger partial charge on any atom is -0.299 e. The summed E-state index contributed by atoms with van der Waals surface area (Å²) in [6.45, 7) is 3.50. The first-order valence-electron chi connectivity index (χ1n) is 9.08. The first-order chi connectivity index (χ1) is 12.4. The number of aromatic nitrogens is 2. The highest BCUT2D eigenvalue weighted by atomic mass is 15.1. The monoisotopic (exact) mass is 329 g/mol. The molecule has 4 rings (SSSR count). The fourth-order valence-corrected chi connectivity index (χ4v) is 3.50. The van der Waals surface area contributed by atoms with Crippen LogP contribution in [0.15, 0.2) is 67.0 Å². The summed E-state index contributed by atoms with van der Waals surface area (Å²) >= 11 is 0. The molecular weight excluding hydrogens is 306 g/mol. The highest BCUT2D eigenvalue weighted by molar-refractivity contribution is 5.77. The molecule has 3 heteroatoms. The summed E-state index contributed by atoms with van der Waals surface area (Å²) in [5.74, 6) is 0. The van der Waals surface area contributed by atoms with E-state index in [-0.39, 0.29) is 0 Å². The maximum atomic E-state index is 4.60. The van der Waals surface area contributed by atoms with Crippen LogP contribution in [-0.4, -0.2) is 28.0 Å². The molecular formula is C22H23N3. The fraction of sp³-hybridized carbons (Fsp3) is 0.273. The van der Waals surface area contributed by atoms with Crippen molar-refractivity contribution in [3.05, 3.63) is 72.6 Å². The maximum Gasteiger partial charge on any atom is 0.0965 e. The van der Waals surface area contributed by atoms with Crippen molar-refractivity contribution in [3.8, 4) is 22.5 Å². The second kappa shape index (κ2) is 7.58. The molecule has 0 unspecified atom stereocenters. The van der Waals surface area contributed by atoms with Crippen molar-refractivity contribution in [2.75, 3.05) is 13.1 Å². The lowest BCUT2D eigenvalue weighted by atomic mass is 10.0. The van der Waals surface area contributed by atoms with Gasteiger partial charge in [0.25, 0.3) is 0 Å². The molecule has 0 aliphatic carbocycles. The Morgan fingerprint density at radius 3 is 1.92 bits per heavy atom. The van der Waals surface area contributed by atoms with Gasteiger partial charge >= 0.3 is 0 Å². The molecule has 0 amide bonds. The van der Waals surface area contributed by atoms with Crippen LogP contribution in [0.5, 0.6) is 0 Å². The summed E-state index contributed by atoms with van der Waals surface area (Å²) in [6.07, 6.45) is 7.57. The largest absolute Gasteiger partial charge is 0.299 e. The highest BCUT2D eigenvalue weighted by Crippen LogP contribution is 2.28. The number of piperidine rings is 1. The Labute approximate surface area is 149 Å². The normalized spacial score (nSPS) is 15.2. The predicted octanol–water partition coefficient (Wildman–Crippen LogP) is 4.80.